The van der Waals surface area contributed by atoms with Crippen molar-refractivity contribution in [3.05, 3.63) is 33.3 Å². The summed E-state index contributed by atoms with van der Waals surface area (Å²) in [7, 11) is 1.55. The fraction of sp³-hybridized carbons (Fsp3) is 0.364. The number of fused-ring (bicyclic) bond motifs is 1. The van der Waals surface area contributed by atoms with Crippen LogP contribution in [0.5, 0.6) is 0 Å². The number of ether oxygens (including phenoxy) is 1. The topological polar surface area (TPSA) is 65.3 Å². The van der Waals surface area contributed by atoms with Crippen LogP contribution in [0.4, 0.5) is 5.69 Å². The number of thiazole rings is 1. The lowest BCUT2D eigenvalue weighted by Gasteiger charge is -2.08. The van der Waals surface area contributed by atoms with Crippen LogP contribution in [0.25, 0.3) is 10.2 Å². The van der Waals surface area contributed by atoms with E-state index in [-0.39, 0.29) is 11.1 Å². The Morgan fingerprint density at radius 2 is 2.39 bits per heavy atom. The van der Waals surface area contributed by atoms with Gasteiger partial charge in [-0.3, -0.25) is 10.1 Å². The Bertz CT molecular complexity index is 572. The summed E-state index contributed by atoms with van der Waals surface area (Å²) in [6.45, 7) is 0.355. The highest BCUT2D eigenvalue weighted by Gasteiger charge is 2.22. The lowest BCUT2D eigenvalue weighted by molar-refractivity contribution is -0.383. The molecule has 0 radical (unpaired) electrons. The highest BCUT2D eigenvalue weighted by molar-refractivity contribution is 7.16. The maximum atomic E-state index is 11.2. The molecule has 0 spiro atoms. The molecule has 2 aromatic rings. The third kappa shape index (κ3) is 2.60. The van der Waals surface area contributed by atoms with Crippen molar-refractivity contribution in [1.29, 1.82) is 0 Å². The van der Waals surface area contributed by atoms with Gasteiger partial charge in [-0.25, -0.2) is 4.98 Å². The van der Waals surface area contributed by atoms with E-state index in [0.29, 0.717) is 24.1 Å². The van der Waals surface area contributed by atoms with Crippen LogP contribution in [0.1, 0.15) is 5.56 Å². The zero-order chi connectivity index (χ0) is 13.1. The summed E-state index contributed by atoms with van der Waals surface area (Å²) in [5.41, 5.74) is 2.68. The van der Waals surface area contributed by atoms with Crippen LogP contribution in [0, 0.1) is 10.1 Å². The largest absolute Gasteiger partial charge is 0.383 e. The van der Waals surface area contributed by atoms with Crippen molar-refractivity contribution in [1.82, 2.24) is 4.98 Å². The van der Waals surface area contributed by atoms with E-state index < -0.39 is 4.92 Å². The second kappa shape index (κ2) is 5.60. The van der Waals surface area contributed by atoms with E-state index in [9.17, 15) is 10.1 Å². The minimum atomic E-state index is -0.395. The summed E-state index contributed by atoms with van der Waals surface area (Å²) in [4.78, 5) is 14.8. The standard InChI is InChI=1S/C11H11ClN2O3S/c1-17-5-8(12)4-7-2-3-9-10(13-6-18-9)11(7)14(15)16/h2-3,6,8H,4-5H2,1H3. The molecule has 0 bridgehead atoms. The maximum Gasteiger partial charge on any atom is 0.299 e. The van der Waals surface area contributed by atoms with Gasteiger partial charge >= 0.3 is 0 Å². The SMILES string of the molecule is COCC(Cl)Cc1ccc2scnc2c1[N+](=O)[O-]. The predicted octanol–water partition coefficient (Wildman–Crippen LogP) is 3.00. The number of rotatable bonds is 5. The van der Waals surface area contributed by atoms with Crippen molar-refractivity contribution in [3.8, 4) is 0 Å². The molecular formula is C11H11ClN2O3S. The zero-order valence-electron chi connectivity index (χ0n) is 9.63. The normalized spacial score (nSPS) is 12.8. The summed E-state index contributed by atoms with van der Waals surface area (Å²) in [6, 6.07) is 3.58. The van der Waals surface area contributed by atoms with Crippen molar-refractivity contribution in [2.75, 3.05) is 13.7 Å². The van der Waals surface area contributed by atoms with E-state index in [2.05, 4.69) is 4.98 Å². The molecule has 2 rings (SSSR count). The molecular weight excluding hydrogens is 276 g/mol. The zero-order valence-corrected chi connectivity index (χ0v) is 11.2. The summed E-state index contributed by atoms with van der Waals surface area (Å²) >= 11 is 7.44. The van der Waals surface area contributed by atoms with Gasteiger partial charge in [0.1, 0.15) is 0 Å². The van der Waals surface area contributed by atoms with Crippen molar-refractivity contribution in [2.24, 2.45) is 0 Å². The number of nitro benzene ring substituents is 1. The number of nitro groups is 1. The van der Waals surface area contributed by atoms with Gasteiger partial charge in [-0.2, -0.15) is 0 Å². The number of hydrogen-bond donors (Lipinski definition) is 0. The van der Waals surface area contributed by atoms with Crippen molar-refractivity contribution in [3.63, 3.8) is 0 Å². The van der Waals surface area contributed by atoms with Crippen LogP contribution in [-0.2, 0) is 11.2 Å². The van der Waals surface area contributed by atoms with Crippen LogP contribution in [0.15, 0.2) is 17.6 Å². The molecule has 0 saturated heterocycles. The minimum Gasteiger partial charge on any atom is -0.383 e. The summed E-state index contributed by atoms with van der Waals surface area (Å²) in [5, 5.41) is 10.9. The second-order valence-corrected chi connectivity index (χ2v) is 5.29. The predicted molar refractivity (Wildman–Crippen MR) is 71.5 cm³/mol. The van der Waals surface area contributed by atoms with Crippen LogP contribution < -0.4 is 0 Å². The van der Waals surface area contributed by atoms with Crippen LogP contribution in [0.3, 0.4) is 0 Å². The van der Waals surface area contributed by atoms with Gasteiger partial charge in [0.25, 0.3) is 5.69 Å². The summed E-state index contributed by atoms with van der Waals surface area (Å²) in [6.07, 6.45) is 0.388. The van der Waals surface area contributed by atoms with Crippen molar-refractivity contribution in [2.45, 2.75) is 11.8 Å². The lowest BCUT2D eigenvalue weighted by Crippen LogP contribution is -2.12. The fourth-order valence-corrected chi connectivity index (χ4v) is 2.78. The first kappa shape index (κ1) is 13.2. The third-order valence-corrected chi connectivity index (χ3v) is 3.61. The first-order chi connectivity index (χ1) is 8.63. The monoisotopic (exact) mass is 286 g/mol. The lowest BCUT2D eigenvalue weighted by atomic mass is 10.1. The molecule has 1 aromatic heterocycles. The summed E-state index contributed by atoms with van der Waals surface area (Å²) in [5.74, 6) is 0. The average molecular weight is 287 g/mol. The number of aromatic nitrogens is 1. The highest BCUT2D eigenvalue weighted by Crippen LogP contribution is 2.32. The second-order valence-electron chi connectivity index (χ2n) is 3.79. The van der Waals surface area contributed by atoms with Gasteiger partial charge in [0.05, 0.1) is 27.1 Å². The molecule has 1 unspecified atom stereocenters. The third-order valence-electron chi connectivity index (χ3n) is 2.53. The van der Waals surface area contributed by atoms with E-state index in [1.807, 2.05) is 6.07 Å². The van der Waals surface area contributed by atoms with Crippen LogP contribution in [-0.4, -0.2) is 29.0 Å². The number of nitrogens with zero attached hydrogens (tertiary/aromatic N) is 2. The first-order valence-electron chi connectivity index (χ1n) is 5.26. The minimum absolute atomic E-state index is 0.0514. The Balaban J connectivity index is 2.43. The van der Waals surface area contributed by atoms with E-state index in [0.717, 1.165) is 4.70 Å². The Morgan fingerprint density at radius 1 is 1.61 bits per heavy atom. The molecule has 1 aromatic carbocycles. The van der Waals surface area contributed by atoms with Crippen LogP contribution in [0.2, 0.25) is 0 Å². The molecule has 1 heterocycles. The van der Waals surface area contributed by atoms with E-state index in [1.165, 1.54) is 11.3 Å². The highest BCUT2D eigenvalue weighted by atomic mass is 35.5. The molecule has 1 atom stereocenters. The number of methoxy groups -OCH3 is 1. The Hall–Kier alpha value is -1.24. The number of halogens is 1. The van der Waals surface area contributed by atoms with Crippen molar-refractivity contribution < 1.29 is 9.66 Å². The quantitative estimate of drug-likeness (QED) is 0.481. The van der Waals surface area contributed by atoms with Crippen molar-refractivity contribution >= 4 is 38.8 Å². The van der Waals surface area contributed by atoms with Crippen LogP contribution >= 0.6 is 22.9 Å². The average Bonchev–Trinajstić information content (AvgIpc) is 2.76. The maximum absolute atomic E-state index is 11.2. The first-order valence-corrected chi connectivity index (χ1v) is 6.57. The van der Waals surface area contributed by atoms with E-state index >= 15 is 0 Å². The molecule has 0 fully saturated rings. The molecule has 0 amide bonds. The van der Waals surface area contributed by atoms with Gasteiger partial charge in [-0.15, -0.1) is 22.9 Å². The van der Waals surface area contributed by atoms with Gasteiger partial charge in [-0.05, 0) is 12.5 Å². The van der Waals surface area contributed by atoms with Gasteiger partial charge in [0.2, 0.25) is 0 Å². The number of benzene rings is 1. The van der Waals surface area contributed by atoms with Gasteiger partial charge < -0.3 is 4.74 Å². The fourth-order valence-electron chi connectivity index (χ4n) is 1.81. The van der Waals surface area contributed by atoms with E-state index in [1.54, 1.807) is 18.7 Å². The smallest absolute Gasteiger partial charge is 0.299 e. The molecule has 5 nitrogen and oxygen atoms in total. The number of alkyl halides is 1. The molecule has 96 valence electrons. The van der Waals surface area contributed by atoms with Gasteiger partial charge in [-0.1, -0.05) is 6.07 Å². The molecule has 0 N–H and O–H groups in total. The Morgan fingerprint density at radius 3 is 3.06 bits per heavy atom. The molecule has 0 saturated carbocycles. The van der Waals surface area contributed by atoms with Gasteiger partial charge in [0, 0.05) is 12.7 Å². The summed E-state index contributed by atoms with van der Waals surface area (Å²) < 4.78 is 5.74. The molecule has 18 heavy (non-hydrogen) atoms. The number of hydrogen-bond acceptors (Lipinski definition) is 5. The molecule has 0 aliphatic heterocycles. The molecule has 0 aliphatic rings. The Labute approximate surface area is 113 Å². The van der Waals surface area contributed by atoms with Gasteiger partial charge in [0.15, 0.2) is 5.52 Å². The molecule has 0 aliphatic carbocycles. The van der Waals surface area contributed by atoms with E-state index in [4.69, 9.17) is 16.3 Å². The Kier molecular flexibility index (Phi) is 4.11. The molecule has 7 heteroatoms.